The summed E-state index contributed by atoms with van der Waals surface area (Å²) in [4.78, 5) is 12.2. The van der Waals surface area contributed by atoms with E-state index in [0.717, 1.165) is 12.1 Å². The quantitative estimate of drug-likeness (QED) is 0.805. The van der Waals surface area contributed by atoms with Gasteiger partial charge in [-0.25, -0.2) is 0 Å². The number of carbonyl (C=O) groups is 1. The minimum atomic E-state index is -0.130. The zero-order valence-electron chi connectivity index (χ0n) is 10.1. The molecule has 1 N–H and O–H groups in total. The first-order chi connectivity index (χ1) is 8.07. The van der Waals surface area contributed by atoms with Crippen molar-refractivity contribution < 1.29 is 9.21 Å². The standard InChI is InChI=1S/C13H16N2O2/c1-13(2)6-8-11(9(16)7-13)12(15-14-8)10-4-3-5-17-10/h3-5,8,11,14H,6-7H2,1-2H3/t8-,11-/m0/s1. The van der Waals surface area contributed by atoms with Gasteiger partial charge in [0.25, 0.3) is 0 Å². The Balaban J connectivity index is 1.91. The van der Waals surface area contributed by atoms with Gasteiger partial charge in [-0.15, -0.1) is 0 Å². The van der Waals surface area contributed by atoms with Gasteiger partial charge in [0.05, 0.1) is 18.2 Å². The Bertz CT molecular complexity index is 474. The zero-order chi connectivity index (χ0) is 12.0. The normalized spacial score (nSPS) is 30.7. The molecule has 4 nitrogen and oxygen atoms in total. The SMILES string of the molecule is CC1(C)CC(=O)[C@H]2C(c3ccco3)=NN[C@H]2C1. The highest BCUT2D eigenvalue weighted by atomic mass is 16.3. The van der Waals surface area contributed by atoms with Crippen LogP contribution in [-0.2, 0) is 4.79 Å². The van der Waals surface area contributed by atoms with E-state index >= 15 is 0 Å². The Morgan fingerprint density at radius 2 is 2.35 bits per heavy atom. The van der Waals surface area contributed by atoms with Crippen molar-refractivity contribution in [1.29, 1.82) is 0 Å². The van der Waals surface area contributed by atoms with E-state index < -0.39 is 0 Å². The van der Waals surface area contributed by atoms with E-state index in [1.807, 2.05) is 12.1 Å². The first-order valence-corrected chi connectivity index (χ1v) is 5.96. The molecular weight excluding hydrogens is 216 g/mol. The van der Waals surface area contributed by atoms with Crippen LogP contribution < -0.4 is 5.43 Å². The molecule has 0 spiro atoms. The van der Waals surface area contributed by atoms with E-state index in [0.29, 0.717) is 12.2 Å². The molecule has 1 fully saturated rings. The molecule has 1 aliphatic heterocycles. The zero-order valence-corrected chi connectivity index (χ0v) is 10.1. The number of carbonyl (C=O) groups excluding carboxylic acids is 1. The average Bonchev–Trinajstić information content (AvgIpc) is 2.81. The van der Waals surface area contributed by atoms with Crippen molar-refractivity contribution in [1.82, 2.24) is 5.43 Å². The minimum absolute atomic E-state index is 0.0688. The molecule has 17 heavy (non-hydrogen) atoms. The largest absolute Gasteiger partial charge is 0.463 e. The van der Waals surface area contributed by atoms with Gasteiger partial charge in [-0.2, -0.15) is 5.10 Å². The summed E-state index contributed by atoms with van der Waals surface area (Å²) in [6, 6.07) is 3.81. The lowest BCUT2D eigenvalue weighted by Gasteiger charge is -2.35. The third kappa shape index (κ3) is 1.68. The lowest BCUT2D eigenvalue weighted by molar-refractivity contribution is -0.126. The van der Waals surface area contributed by atoms with Crippen LogP contribution >= 0.6 is 0 Å². The van der Waals surface area contributed by atoms with E-state index in [2.05, 4.69) is 24.4 Å². The summed E-state index contributed by atoms with van der Waals surface area (Å²) >= 11 is 0. The van der Waals surface area contributed by atoms with Crippen molar-refractivity contribution in [3.63, 3.8) is 0 Å². The van der Waals surface area contributed by atoms with Crippen LogP contribution in [0.15, 0.2) is 27.9 Å². The molecule has 2 aliphatic rings. The molecule has 1 aliphatic carbocycles. The number of hydrazone groups is 1. The Labute approximate surface area is 100 Å². The maximum atomic E-state index is 12.2. The Hall–Kier alpha value is -1.58. The highest BCUT2D eigenvalue weighted by Crippen LogP contribution is 2.39. The molecule has 1 aromatic heterocycles. The monoisotopic (exact) mass is 232 g/mol. The van der Waals surface area contributed by atoms with E-state index in [9.17, 15) is 4.79 Å². The fourth-order valence-electron chi connectivity index (χ4n) is 2.91. The summed E-state index contributed by atoms with van der Waals surface area (Å²) in [6.45, 7) is 4.27. The molecule has 0 amide bonds. The number of furan rings is 1. The summed E-state index contributed by atoms with van der Waals surface area (Å²) in [7, 11) is 0. The lowest BCUT2D eigenvalue weighted by atomic mass is 9.68. The molecule has 1 saturated carbocycles. The van der Waals surface area contributed by atoms with Gasteiger partial charge >= 0.3 is 0 Å². The number of hydrogen-bond donors (Lipinski definition) is 1. The smallest absolute Gasteiger partial charge is 0.150 e. The first-order valence-electron chi connectivity index (χ1n) is 5.96. The molecular formula is C13H16N2O2. The summed E-state index contributed by atoms with van der Waals surface area (Å²) in [5.41, 5.74) is 3.92. The minimum Gasteiger partial charge on any atom is -0.463 e. The summed E-state index contributed by atoms with van der Waals surface area (Å²) < 4.78 is 5.34. The van der Waals surface area contributed by atoms with Crippen LogP contribution in [-0.4, -0.2) is 17.5 Å². The number of nitrogens with zero attached hydrogens (tertiary/aromatic N) is 1. The molecule has 4 heteroatoms. The Kier molecular flexibility index (Phi) is 2.15. The molecule has 0 aromatic carbocycles. The number of nitrogens with one attached hydrogen (secondary N) is 1. The van der Waals surface area contributed by atoms with E-state index in [1.54, 1.807) is 6.26 Å². The van der Waals surface area contributed by atoms with Crippen molar-refractivity contribution in [2.45, 2.75) is 32.7 Å². The fraction of sp³-hybridized carbons (Fsp3) is 0.538. The molecule has 0 saturated heterocycles. The van der Waals surface area contributed by atoms with Gasteiger partial charge in [-0.05, 0) is 24.0 Å². The van der Waals surface area contributed by atoms with Crippen LogP contribution in [0.1, 0.15) is 32.4 Å². The van der Waals surface area contributed by atoms with Gasteiger partial charge in [0.15, 0.2) is 5.76 Å². The summed E-state index contributed by atoms with van der Waals surface area (Å²) in [5.74, 6) is 0.846. The molecule has 3 rings (SSSR count). The topological polar surface area (TPSA) is 54.6 Å². The molecule has 90 valence electrons. The number of Topliss-reactive ketones (excluding diaryl/α,β-unsaturated/α-hetero) is 1. The highest BCUT2D eigenvalue weighted by molar-refractivity contribution is 6.14. The van der Waals surface area contributed by atoms with Crippen LogP contribution in [0.4, 0.5) is 0 Å². The van der Waals surface area contributed by atoms with E-state index in [-0.39, 0.29) is 23.2 Å². The van der Waals surface area contributed by atoms with Crippen LogP contribution in [0.25, 0.3) is 0 Å². The van der Waals surface area contributed by atoms with Crippen molar-refractivity contribution in [3.8, 4) is 0 Å². The predicted molar refractivity (Wildman–Crippen MR) is 63.7 cm³/mol. The molecule has 1 aromatic rings. The van der Waals surface area contributed by atoms with Crippen molar-refractivity contribution >= 4 is 11.5 Å². The predicted octanol–water partition coefficient (Wildman–Crippen LogP) is 1.96. The molecule has 2 heterocycles. The molecule has 0 unspecified atom stereocenters. The van der Waals surface area contributed by atoms with Gasteiger partial charge < -0.3 is 9.84 Å². The third-order valence-electron chi connectivity index (χ3n) is 3.59. The van der Waals surface area contributed by atoms with E-state index in [4.69, 9.17) is 4.42 Å². The van der Waals surface area contributed by atoms with Gasteiger partial charge in [0.1, 0.15) is 11.5 Å². The van der Waals surface area contributed by atoms with Crippen molar-refractivity contribution in [2.24, 2.45) is 16.4 Å². The molecule has 2 atom stereocenters. The van der Waals surface area contributed by atoms with Crippen LogP contribution in [0.2, 0.25) is 0 Å². The number of ketones is 1. The highest BCUT2D eigenvalue weighted by Gasteiger charge is 2.46. The second-order valence-electron chi connectivity index (χ2n) is 5.70. The number of hydrogen-bond acceptors (Lipinski definition) is 4. The maximum Gasteiger partial charge on any atom is 0.150 e. The Morgan fingerprint density at radius 3 is 3.06 bits per heavy atom. The molecule has 0 radical (unpaired) electrons. The number of rotatable bonds is 1. The summed E-state index contributed by atoms with van der Waals surface area (Å²) in [6.07, 6.45) is 3.20. The Morgan fingerprint density at radius 1 is 1.53 bits per heavy atom. The van der Waals surface area contributed by atoms with Crippen LogP contribution in [0.5, 0.6) is 0 Å². The fourth-order valence-corrected chi connectivity index (χ4v) is 2.91. The van der Waals surface area contributed by atoms with Crippen LogP contribution in [0, 0.1) is 11.3 Å². The van der Waals surface area contributed by atoms with Crippen molar-refractivity contribution in [3.05, 3.63) is 24.2 Å². The third-order valence-corrected chi connectivity index (χ3v) is 3.59. The maximum absolute atomic E-state index is 12.2. The van der Waals surface area contributed by atoms with Gasteiger partial charge in [-0.1, -0.05) is 13.8 Å². The first kappa shape index (κ1) is 10.6. The van der Waals surface area contributed by atoms with Gasteiger partial charge in [0.2, 0.25) is 0 Å². The average molecular weight is 232 g/mol. The summed E-state index contributed by atoms with van der Waals surface area (Å²) in [5, 5.41) is 4.29. The molecule has 0 bridgehead atoms. The van der Waals surface area contributed by atoms with Crippen LogP contribution in [0.3, 0.4) is 0 Å². The van der Waals surface area contributed by atoms with E-state index in [1.165, 1.54) is 0 Å². The van der Waals surface area contributed by atoms with Gasteiger partial charge in [-0.3, -0.25) is 4.79 Å². The lowest BCUT2D eigenvalue weighted by Crippen LogP contribution is -2.45. The second kappa shape index (κ2) is 3.45. The number of fused-ring (bicyclic) bond motifs is 1. The van der Waals surface area contributed by atoms with Gasteiger partial charge in [0, 0.05) is 6.42 Å². The second-order valence-corrected chi connectivity index (χ2v) is 5.70. The van der Waals surface area contributed by atoms with Crippen molar-refractivity contribution in [2.75, 3.05) is 0 Å².